The molecule has 0 unspecified atom stereocenters. The first-order valence-electron chi connectivity index (χ1n) is 10.1. The number of nitrogens with zero attached hydrogens (tertiary/aromatic N) is 1. The van der Waals surface area contributed by atoms with Crippen molar-refractivity contribution >= 4 is 11.8 Å². The lowest BCUT2D eigenvalue weighted by atomic mass is 10.1. The van der Waals surface area contributed by atoms with E-state index in [9.17, 15) is 9.59 Å². The summed E-state index contributed by atoms with van der Waals surface area (Å²) in [4.78, 5) is 27.3. The highest BCUT2D eigenvalue weighted by molar-refractivity contribution is 5.87. The van der Waals surface area contributed by atoms with E-state index in [1.54, 1.807) is 18.9 Å². The van der Waals surface area contributed by atoms with Crippen LogP contribution in [-0.2, 0) is 22.6 Å². The van der Waals surface area contributed by atoms with Gasteiger partial charge in [0.15, 0.2) is 0 Å². The van der Waals surface area contributed by atoms with Crippen LogP contribution in [0.15, 0.2) is 48.5 Å². The number of benzene rings is 2. The number of nitrogens with one attached hydrogen (secondary N) is 1. The molecule has 0 radical (unpaired) electrons. The lowest BCUT2D eigenvalue weighted by Gasteiger charge is -2.29. The topological polar surface area (TPSA) is 58.6 Å². The van der Waals surface area contributed by atoms with Crippen molar-refractivity contribution in [3.8, 4) is 5.75 Å². The molecular weight excluding hydrogens is 364 g/mol. The van der Waals surface area contributed by atoms with Crippen LogP contribution in [0.5, 0.6) is 5.75 Å². The van der Waals surface area contributed by atoms with E-state index in [2.05, 4.69) is 5.32 Å². The molecule has 2 aromatic rings. The summed E-state index contributed by atoms with van der Waals surface area (Å²) in [5, 5.41) is 2.91. The number of aryl methyl sites for hydroxylation is 2. The van der Waals surface area contributed by atoms with Crippen LogP contribution < -0.4 is 10.1 Å². The summed E-state index contributed by atoms with van der Waals surface area (Å²) < 4.78 is 5.29. The van der Waals surface area contributed by atoms with Gasteiger partial charge in [0.1, 0.15) is 11.8 Å². The molecule has 0 heterocycles. The fourth-order valence-electron chi connectivity index (χ4n) is 3.10. The molecule has 0 aliphatic heterocycles. The van der Waals surface area contributed by atoms with Crippen molar-refractivity contribution in [2.75, 3.05) is 7.11 Å². The third-order valence-corrected chi connectivity index (χ3v) is 4.83. The van der Waals surface area contributed by atoms with E-state index < -0.39 is 6.04 Å². The van der Waals surface area contributed by atoms with Crippen molar-refractivity contribution in [2.45, 2.75) is 59.2 Å². The summed E-state index contributed by atoms with van der Waals surface area (Å²) in [5.74, 6) is 0.542. The molecule has 5 heteroatoms. The SMILES string of the molecule is COc1cccc(CN(C(=O)CCc2ccc(C)cc2)[C@H](C)C(=O)NC(C)C)c1. The Morgan fingerprint density at radius 1 is 1.03 bits per heavy atom. The van der Waals surface area contributed by atoms with Crippen LogP contribution in [0.1, 0.15) is 43.9 Å². The number of hydrogen-bond acceptors (Lipinski definition) is 3. The van der Waals surface area contributed by atoms with Crippen LogP contribution >= 0.6 is 0 Å². The second-order valence-corrected chi connectivity index (χ2v) is 7.70. The Labute approximate surface area is 174 Å². The van der Waals surface area contributed by atoms with Gasteiger partial charge in [0, 0.05) is 19.0 Å². The summed E-state index contributed by atoms with van der Waals surface area (Å²) in [6, 6.07) is 15.2. The number of amides is 2. The Morgan fingerprint density at radius 2 is 1.72 bits per heavy atom. The largest absolute Gasteiger partial charge is 0.497 e. The minimum atomic E-state index is -0.561. The van der Waals surface area contributed by atoms with Crippen LogP contribution in [0, 0.1) is 6.92 Å². The fraction of sp³-hybridized carbons (Fsp3) is 0.417. The van der Waals surface area contributed by atoms with Gasteiger partial charge in [-0.2, -0.15) is 0 Å². The van der Waals surface area contributed by atoms with Crippen molar-refractivity contribution in [3.63, 3.8) is 0 Å². The zero-order valence-electron chi connectivity index (χ0n) is 18.1. The molecule has 1 atom stereocenters. The molecular formula is C24H32N2O3. The smallest absolute Gasteiger partial charge is 0.242 e. The zero-order chi connectivity index (χ0) is 21.4. The molecule has 2 rings (SSSR count). The van der Waals surface area contributed by atoms with Crippen LogP contribution in [0.2, 0.25) is 0 Å². The quantitative estimate of drug-likeness (QED) is 0.700. The van der Waals surface area contributed by atoms with Gasteiger partial charge >= 0.3 is 0 Å². The van der Waals surface area contributed by atoms with E-state index in [1.807, 2.05) is 69.3 Å². The molecule has 2 amide bonds. The maximum atomic E-state index is 13.1. The van der Waals surface area contributed by atoms with Crippen LogP contribution in [0.4, 0.5) is 0 Å². The van der Waals surface area contributed by atoms with Gasteiger partial charge in [-0.15, -0.1) is 0 Å². The molecule has 0 saturated heterocycles. The molecule has 29 heavy (non-hydrogen) atoms. The third kappa shape index (κ3) is 6.93. The second-order valence-electron chi connectivity index (χ2n) is 7.70. The number of hydrogen-bond donors (Lipinski definition) is 1. The summed E-state index contributed by atoms with van der Waals surface area (Å²) >= 11 is 0. The first kappa shape index (κ1) is 22.5. The van der Waals surface area contributed by atoms with E-state index in [0.29, 0.717) is 19.4 Å². The lowest BCUT2D eigenvalue weighted by Crippen LogP contribution is -2.49. The monoisotopic (exact) mass is 396 g/mol. The Balaban J connectivity index is 2.16. The Bertz CT molecular complexity index is 815. The highest BCUT2D eigenvalue weighted by atomic mass is 16.5. The predicted molar refractivity (Wildman–Crippen MR) is 116 cm³/mol. The summed E-state index contributed by atoms with van der Waals surface area (Å²) in [6.45, 7) is 8.00. The van der Waals surface area contributed by atoms with Gasteiger partial charge in [-0.1, -0.05) is 42.0 Å². The van der Waals surface area contributed by atoms with E-state index in [-0.39, 0.29) is 17.9 Å². The van der Waals surface area contributed by atoms with Crippen molar-refractivity contribution < 1.29 is 14.3 Å². The van der Waals surface area contributed by atoms with E-state index in [1.165, 1.54) is 5.56 Å². The van der Waals surface area contributed by atoms with E-state index in [4.69, 9.17) is 4.74 Å². The van der Waals surface area contributed by atoms with Gasteiger partial charge in [0.25, 0.3) is 0 Å². The molecule has 0 spiro atoms. The molecule has 0 bridgehead atoms. The minimum absolute atomic E-state index is 0.0197. The molecule has 156 valence electrons. The van der Waals surface area contributed by atoms with Crippen molar-refractivity contribution in [1.82, 2.24) is 10.2 Å². The highest BCUT2D eigenvalue weighted by Crippen LogP contribution is 2.17. The molecule has 0 fully saturated rings. The van der Waals surface area contributed by atoms with Crippen molar-refractivity contribution in [1.29, 1.82) is 0 Å². The maximum absolute atomic E-state index is 13.1. The van der Waals surface area contributed by atoms with Gasteiger partial charge in [0.05, 0.1) is 7.11 Å². The fourth-order valence-corrected chi connectivity index (χ4v) is 3.10. The van der Waals surface area contributed by atoms with Crippen LogP contribution in [0.3, 0.4) is 0 Å². The first-order chi connectivity index (χ1) is 13.8. The molecule has 0 saturated carbocycles. The molecule has 0 aliphatic rings. The Kier molecular flexibility index (Phi) is 8.25. The molecule has 0 aliphatic carbocycles. The first-order valence-corrected chi connectivity index (χ1v) is 10.1. The minimum Gasteiger partial charge on any atom is -0.497 e. The van der Waals surface area contributed by atoms with E-state index >= 15 is 0 Å². The maximum Gasteiger partial charge on any atom is 0.242 e. The zero-order valence-corrected chi connectivity index (χ0v) is 18.1. The summed E-state index contributed by atoms with van der Waals surface area (Å²) in [7, 11) is 1.61. The molecule has 2 aromatic carbocycles. The standard InChI is InChI=1S/C24H32N2O3/c1-17(2)25-24(28)19(4)26(16-21-7-6-8-22(15-21)29-5)23(27)14-13-20-11-9-18(3)10-12-20/h6-12,15,17,19H,13-14,16H2,1-5H3,(H,25,28)/t19-/m1/s1. The number of rotatable bonds is 9. The van der Waals surface area contributed by atoms with E-state index in [0.717, 1.165) is 16.9 Å². The molecule has 0 aromatic heterocycles. The number of ether oxygens (including phenoxy) is 1. The average Bonchev–Trinajstić information content (AvgIpc) is 2.70. The summed E-state index contributed by atoms with van der Waals surface area (Å²) in [6.07, 6.45) is 0.999. The van der Waals surface area contributed by atoms with Crippen LogP contribution in [-0.4, -0.2) is 35.9 Å². The summed E-state index contributed by atoms with van der Waals surface area (Å²) in [5.41, 5.74) is 3.24. The average molecular weight is 397 g/mol. The van der Waals surface area contributed by atoms with Gasteiger partial charge in [-0.25, -0.2) is 0 Å². The third-order valence-electron chi connectivity index (χ3n) is 4.83. The van der Waals surface area contributed by atoms with Gasteiger partial charge in [0.2, 0.25) is 11.8 Å². The number of carbonyl (C=O) groups is 2. The van der Waals surface area contributed by atoms with Gasteiger partial charge in [-0.05, 0) is 57.4 Å². The lowest BCUT2D eigenvalue weighted by molar-refractivity contribution is -0.140. The molecule has 5 nitrogen and oxygen atoms in total. The van der Waals surface area contributed by atoms with Gasteiger partial charge in [-0.3, -0.25) is 9.59 Å². The second kappa shape index (κ2) is 10.6. The van der Waals surface area contributed by atoms with Gasteiger partial charge < -0.3 is 15.0 Å². The van der Waals surface area contributed by atoms with Crippen molar-refractivity contribution in [3.05, 3.63) is 65.2 Å². The van der Waals surface area contributed by atoms with Crippen LogP contribution in [0.25, 0.3) is 0 Å². The Morgan fingerprint density at radius 3 is 2.34 bits per heavy atom. The normalized spacial score (nSPS) is 11.8. The van der Waals surface area contributed by atoms with Crippen molar-refractivity contribution in [2.24, 2.45) is 0 Å². The number of methoxy groups -OCH3 is 1. The number of carbonyl (C=O) groups excluding carboxylic acids is 2. The highest BCUT2D eigenvalue weighted by Gasteiger charge is 2.26. The Hall–Kier alpha value is -2.82. The molecule has 1 N–H and O–H groups in total. The predicted octanol–water partition coefficient (Wildman–Crippen LogP) is 3.88.